The summed E-state index contributed by atoms with van der Waals surface area (Å²) in [5.74, 6) is 0.722. The molecule has 0 aliphatic rings. The normalized spacial score (nSPS) is 9.43. The van der Waals surface area contributed by atoms with Gasteiger partial charge in [0.25, 0.3) is 0 Å². The van der Waals surface area contributed by atoms with Gasteiger partial charge in [-0.25, -0.2) is 0 Å². The molecular formula is C5H12ClN. The van der Waals surface area contributed by atoms with Crippen molar-refractivity contribution < 1.29 is 0 Å². The van der Waals surface area contributed by atoms with Gasteiger partial charge in [0.05, 0.1) is 0 Å². The van der Waals surface area contributed by atoms with Crippen LogP contribution in [0.4, 0.5) is 0 Å². The Balaban J connectivity index is 2.45. The molecule has 44 valence electrons. The minimum absolute atomic E-state index is 0.722. The molecule has 0 heterocycles. The predicted molar refractivity (Wildman–Crippen MR) is 33.9 cm³/mol. The maximum Gasteiger partial charge on any atom is 0.0348 e. The molecule has 1 N–H and O–H groups in total. The van der Waals surface area contributed by atoms with Crippen LogP contribution in [0, 0.1) is 0 Å². The van der Waals surface area contributed by atoms with Crippen LogP contribution in [0.2, 0.25) is 0 Å². The molecule has 0 bridgehead atoms. The molecular weight excluding hydrogens is 110 g/mol. The molecule has 0 atom stereocenters. The molecule has 0 aliphatic heterocycles. The van der Waals surface area contributed by atoms with E-state index in [1.54, 1.807) is 0 Å². The van der Waals surface area contributed by atoms with Gasteiger partial charge >= 0.3 is 0 Å². The van der Waals surface area contributed by atoms with Crippen molar-refractivity contribution in [2.24, 2.45) is 0 Å². The van der Waals surface area contributed by atoms with Gasteiger partial charge in [0.1, 0.15) is 0 Å². The number of halogens is 1. The molecule has 0 amide bonds. The topological polar surface area (TPSA) is 12.0 Å². The lowest BCUT2D eigenvalue weighted by molar-refractivity contribution is 0.706. The van der Waals surface area contributed by atoms with Gasteiger partial charge in [-0.1, -0.05) is 6.92 Å². The van der Waals surface area contributed by atoms with Crippen LogP contribution in [-0.4, -0.2) is 19.0 Å². The molecule has 2 heteroatoms. The van der Waals surface area contributed by atoms with Gasteiger partial charge in [-0.3, -0.25) is 0 Å². The van der Waals surface area contributed by atoms with Crippen molar-refractivity contribution in [3.8, 4) is 0 Å². The van der Waals surface area contributed by atoms with Gasteiger partial charge in [0.2, 0.25) is 0 Å². The number of hydrogen-bond acceptors (Lipinski definition) is 1. The van der Waals surface area contributed by atoms with E-state index in [1.165, 1.54) is 6.42 Å². The third kappa shape index (κ3) is 6.25. The molecule has 0 unspecified atom stereocenters. The molecule has 0 aromatic rings. The predicted octanol–water partition coefficient (Wildman–Crippen LogP) is 1.22. The first kappa shape index (κ1) is 7.25. The van der Waals surface area contributed by atoms with E-state index in [9.17, 15) is 0 Å². The Morgan fingerprint density at radius 2 is 2.14 bits per heavy atom. The zero-order valence-electron chi connectivity index (χ0n) is 4.71. The van der Waals surface area contributed by atoms with Crippen molar-refractivity contribution in [1.82, 2.24) is 5.32 Å². The highest BCUT2D eigenvalue weighted by Crippen LogP contribution is 1.71. The highest BCUT2D eigenvalue weighted by Gasteiger charge is 1.77. The largest absolute Gasteiger partial charge is 0.316 e. The summed E-state index contributed by atoms with van der Waals surface area (Å²) >= 11 is 5.37. The van der Waals surface area contributed by atoms with E-state index in [-0.39, 0.29) is 0 Å². The Bertz CT molecular complexity index is 27.3. The molecule has 0 aromatic carbocycles. The molecule has 0 spiro atoms. The van der Waals surface area contributed by atoms with Crippen LogP contribution in [0.1, 0.15) is 13.3 Å². The van der Waals surface area contributed by atoms with E-state index < -0.39 is 0 Å². The van der Waals surface area contributed by atoms with Gasteiger partial charge in [0, 0.05) is 12.4 Å². The number of rotatable bonds is 4. The van der Waals surface area contributed by atoms with E-state index in [0.717, 1.165) is 19.0 Å². The second kappa shape index (κ2) is 6.25. The minimum Gasteiger partial charge on any atom is -0.316 e. The third-order valence-electron chi connectivity index (χ3n) is 0.698. The molecule has 0 saturated heterocycles. The van der Waals surface area contributed by atoms with Crippen LogP contribution < -0.4 is 5.32 Å². The van der Waals surface area contributed by atoms with Crippen molar-refractivity contribution >= 4 is 11.6 Å². The zero-order chi connectivity index (χ0) is 5.54. The van der Waals surface area contributed by atoms with Crippen LogP contribution in [0.15, 0.2) is 0 Å². The Morgan fingerprint density at radius 3 is 2.57 bits per heavy atom. The molecule has 0 aromatic heterocycles. The Kier molecular flexibility index (Phi) is 6.47. The second-order valence-electron chi connectivity index (χ2n) is 1.44. The lowest BCUT2D eigenvalue weighted by Crippen LogP contribution is -2.16. The molecule has 0 rings (SSSR count). The summed E-state index contributed by atoms with van der Waals surface area (Å²) in [6.45, 7) is 4.17. The summed E-state index contributed by atoms with van der Waals surface area (Å²) in [6.07, 6.45) is 1.19. The molecule has 0 radical (unpaired) electrons. The zero-order valence-corrected chi connectivity index (χ0v) is 5.46. The van der Waals surface area contributed by atoms with Gasteiger partial charge in [-0.15, -0.1) is 11.6 Å². The number of nitrogens with one attached hydrogen (secondary N) is 1. The smallest absolute Gasteiger partial charge is 0.0348 e. The minimum atomic E-state index is 0.722. The first-order chi connectivity index (χ1) is 3.41. The van der Waals surface area contributed by atoms with E-state index in [4.69, 9.17) is 11.6 Å². The molecule has 0 saturated carbocycles. The molecule has 0 aliphatic carbocycles. The summed E-state index contributed by atoms with van der Waals surface area (Å²) in [7, 11) is 0. The van der Waals surface area contributed by atoms with Crippen molar-refractivity contribution in [3.63, 3.8) is 0 Å². The highest BCUT2D eigenvalue weighted by atomic mass is 35.5. The van der Waals surface area contributed by atoms with Crippen molar-refractivity contribution in [2.45, 2.75) is 13.3 Å². The Hall–Kier alpha value is 0.250. The average Bonchev–Trinajstić information content (AvgIpc) is 1.69. The van der Waals surface area contributed by atoms with Crippen molar-refractivity contribution in [2.75, 3.05) is 19.0 Å². The second-order valence-corrected chi connectivity index (χ2v) is 1.82. The summed E-state index contributed by atoms with van der Waals surface area (Å²) in [5.41, 5.74) is 0. The van der Waals surface area contributed by atoms with Crippen molar-refractivity contribution in [3.05, 3.63) is 0 Å². The molecule has 7 heavy (non-hydrogen) atoms. The van der Waals surface area contributed by atoms with Crippen LogP contribution >= 0.6 is 11.6 Å². The number of hydrogen-bond donors (Lipinski definition) is 1. The quantitative estimate of drug-likeness (QED) is 0.436. The lowest BCUT2D eigenvalue weighted by atomic mass is 10.5. The first-order valence-electron chi connectivity index (χ1n) is 2.68. The molecule has 1 nitrogen and oxygen atoms in total. The summed E-state index contributed by atoms with van der Waals surface area (Å²) < 4.78 is 0. The van der Waals surface area contributed by atoms with Gasteiger partial charge in [0.15, 0.2) is 0 Å². The Labute approximate surface area is 50.1 Å². The first-order valence-corrected chi connectivity index (χ1v) is 3.22. The van der Waals surface area contributed by atoms with Gasteiger partial charge in [-0.2, -0.15) is 0 Å². The standard InChI is InChI=1S/C5H12ClN/c1-2-4-7-5-3-6/h7H,2-5H2,1H3. The fourth-order valence-corrected chi connectivity index (χ4v) is 0.502. The van der Waals surface area contributed by atoms with E-state index >= 15 is 0 Å². The van der Waals surface area contributed by atoms with Gasteiger partial charge in [-0.05, 0) is 13.0 Å². The lowest BCUT2D eigenvalue weighted by Gasteiger charge is -1.94. The van der Waals surface area contributed by atoms with E-state index in [0.29, 0.717) is 0 Å². The summed E-state index contributed by atoms with van der Waals surface area (Å²) in [4.78, 5) is 0. The van der Waals surface area contributed by atoms with Crippen LogP contribution in [-0.2, 0) is 0 Å². The SMILES string of the molecule is CCCNCCCl. The Morgan fingerprint density at radius 1 is 1.43 bits per heavy atom. The summed E-state index contributed by atoms with van der Waals surface area (Å²) in [5, 5.41) is 3.15. The fraction of sp³-hybridized carbons (Fsp3) is 1.00. The average molecular weight is 122 g/mol. The van der Waals surface area contributed by atoms with Crippen LogP contribution in [0.25, 0.3) is 0 Å². The van der Waals surface area contributed by atoms with Crippen LogP contribution in [0.5, 0.6) is 0 Å². The van der Waals surface area contributed by atoms with Gasteiger partial charge < -0.3 is 5.32 Å². The van der Waals surface area contributed by atoms with E-state index in [2.05, 4.69) is 12.2 Å². The van der Waals surface area contributed by atoms with Crippen LogP contribution in [0.3, 0.4) is 0 Å². The third-order valence-corrected chi connectivity index (χ3v) is 0.887. The maximum absolute atomic E-state index is 5.37. The number of alkyl halides is 1. The maximum atomic E-state index is 5.37. The van der Waals surface area contributed by atoms with Crippen molar-refractivity contribution in [1.29, 1.82) is 0 Å². The fourth-order valence-electron chi connectivity index (χ4n) is 0.369. The monoisotopic (exact) mass is 121 g/mol. The summed E-state index contributed by atoms with van der Waals surface area (Å²) in [6, 6.07) is 0. The molecule has 0 fully saturated rings. The van der Waals surface area contributed by atoms with E-state index in [1.807, 2.05) is 0 Å². The highest BCUT2D eigenvalue weighted by molar-refractivity contribution is 6.18.